The number of rotatable bonds is 4. The zero-order valence-electron chi connectivity index (χ0n) is 37.3. The van der Waals surface area contributed by atoms with E-state index in [0.29, 0.717) is 0 Å². The lowest BCUT2D eigenvalue weighted by molar-refractivity contribution is 0.780. The summed E-state index contributed by atoms with van der Waals surface area (Å²) < 4.78 is 8.79. The van der Waals surface area contributed by atoms with Crippen LogP contribution in [0.4, 0.5) is 0 Å². The molecule has 4 aromatic heterocycles. The first-order valence-corrected chi connectivity index (χ1v) is 23.3. The van der Waals surface area contributed by atoms with Gasteiger partial charge in [-0.2, -0.15) is 10.2 Å². The summed E-state index contributed by atoms with van der Waals surface area (Å²) in [5.74, 6) is 0. The average molecular weight is 869 g/mol. The summed E-state index contributed by atoms with van der Waals surface area (Å²) in [4.78, 5) is 0. The van der Waals surface area contributed by atoms with Crippen molar-refractivity contribution in [3.63, 3.8) is 0 Å². The van der Waals surface area contributed by atoms with Crippen molar-refractivity contribution in [1.82, 2.24) is 28.7 Å². The lowest BCUT2D eigenvalue weighted by Gasteiger charge is -2.18. The first kappa shape index (κ1) is 37.2. The lowest BCUT2D eigenvalue weighted by Crippen LogP contribution is -1.96. The van der Waals surface area contributed by atoms with Crippen molar-refractivity contribution in [2.75, 3.05) is 0 Å². The molecule has 6 heteroatoms. The molecule has 318 valence electrons. The Morgan fingerprint density at radius 1 is 0.309 bits per heavy atom. The van der Waals surface area contributed by atoms with Crippen LogP contribution in [0.5, 0.6) is 0 Å². The van der Waals surface area contributed by atoms with Crippen LogP contribution in [0, 0.1) is 0 Å². The van der Waals surface area contributed by atoms with Crippen molar-refractivity contribution < 1.29 is 0 Å². The van der Waals surface area contributed by atoms with Crippen molar-refractivity contribution in [2.45, 2.75) is 0 Å². The SMILES string of the molecule is Cn1cc2ccc3c(-c4cccc5c6ccccc6n(-c6ccccc6)c45)cc4cc5c(cc(-c6cccc7c8ccccc8n(-c8ccccc8)c67)c6ccc7cn(C)nc7c65)cc4c3c2n1. The van der Waals surface area contributed by atoms with Gasteiger partial charge in [0.05, 0.1) is 22.1 Å². The minimum atomic E-state index is 0.997. The molecule has 0 fully saturated rings. The Balaban J connectivity index is 1.10. The van der Waals surface area contributed by atoms with Crippen molar-refractivity contribution in [3.8, 4) is 33.6 Å². The van der Waals surface area contributed by atoms with E-state index < -0.39 is 0 Å². The predicted molar refractivity (Wildman–Crippen MR) is 285 cm³/mol. The third-order valence-corrected chi connectivity index (χ3v) is 14.5. The molecule has 11 aromatic carbocycles. The number of aromatic nitrogens is 6. The molecular formula is C62H40N6. The molecule has 68 heavy (non-hydrogen) atoms. The smallest absolute Gasteiger partial charge is 0.101 e. The Hall–Kier alpha value is -9.00. The standard InChI is InChI=1S/C62H40N6/c1-65-35-37-27-29-45-53(49-23-13-21-47-43-19-9-11-25-55(43)67(61(47)49)41-15-5-3-6-16-41)33-39-32-52-40(31-51(39)57(45)59(37)63-65)34-54(46-30-28-38-36-66(2)64-60(38)58(46)52)50-24-14-22-48-44-20-10-12-26-56(44)68(62(48)50)42-17-7-4-8-18-42/h3-36H,1-2H3. The molecular weight excluding hydrogens is 829 g/mol. The molecule has 0 saturated carbocycles. The van der Waals surface area contributed by atoms with Crippen LogP contribution in [0.15, 0.2) is 207 Å². The second-order valence-corrected chi connectivity index (χ2v) is 18.4. The maximum atomic E-state index is 5.22. The zero-order chi connectivity index (χ0) is 44.8. The van der Waals surface area contributed by atoms with Crippen LogP contribution >= 0.6 is 0 Å². The Kier molecular flexibility index (Phi) is 7.54. The molecule has 0 radical (unpaired) electrons. The van der Waals surface area contributed by atoms with Crippen LogP contribution in [-0.4, -0.2) is 28.7 Å². The molecule has 0 amide bonds. The fourth-order valence-electron chi connectivity index (χ4n) is 11.8. The predicted octanol–water partition coefficient (Wildman–Crippen LogP) is 15.6. The van der Waals surface area contributed by atoms with Crippen LogP contribution < -0.4 is 0 Å². The van der Waals surface area contributed by atoms with E-state index in [4.69, 9.17) is 10.2 Å². The molecule has 0 N–H and O–H groups in total. The lowest BCUT2D eigenvalue weighted by atomic mass is 9.87. The molecule has 4 heterocycles. The highest BCUT2D eigenvalue weighted by atomic mass is 15.2. The van der Waals surface area contributed by atoms with Crippen LogP contribution in [0.2, 0.25) is 0 Å². The van der Waals surface area contributed by atoms with Gasteiger partial charge in [-0.15, -0.1) is 0 Å². The van der Waals surface area contributed by atoms with Crippen LogP contribution in [-0.2, 0) is 14.1 Å². The topological polar surface area (TPSA) is 45.5 Å². The van der Waals surface area contributed by atoms with Gasteiger partial charge in [0.15, 0.2) is 0 Å². The van der Waals surface area contributed by atoms with E-state index in [1.165, 1.54) is 87.4 Å². The molecule has 15 aromatic rings. The molecule has 0 atom stereocenters. The van der Waals surface area contributed by atoms with Gasteiger partial charge in [0.1, 0.15) is 11.0 Å². The first-order valence-electron chi connectivity index (χ1n) is 23.3. The minimum absolute atomic E-state index is 0.997. The zero-order valence-corrected chi connectivity index (χ0v) is 37.3. The number of aryl methyl sites for hydroxylation is 2. The summed E-state index contributed by atoms with van der Waals surface area (Å²) in [6, 6.07) is 71.6. The molecule has 0 saturated heterocycles. The Bertz CT molecular complexity index is 4330. The van der Waals surface area contributed by atoms with Crippen molar-refractivity contribution in [3.05, 3.63) is 207 Å². The van der Waals surface area contributed by atoms with Crippen LogP contribution in [0.1, 0.15) is 0 Å². The number of hydrogen-bond acceptors (Lipinski definition) is 2. The van der Waals surface area contributed by atoms with Gasteiger partial charge in [0, 0.05) is 92.1 Å². The average Bonchev–Trinajstić information content (AvgIpc) is 4.15. The van der Waals surface area contributed by atoms with Crippen molar-refractivity contribution >= 4 is 109 Å². The fourth-order valence-corrected chi connectivity index (χ4v) is 11.8. The molecule has 6 nitrogen and oxygen atoms in total. The largest absolute Gasteiger partial charge is 0.309 e. The van der Waals surface area contributed by atoms with E-state index in [9.17, 15) is 0 Å². The molecule has 0 aliphatic carbocycles. The van der Waals surface area contributed by atoms with Gasteiger partial charge in [-0.05, 0) is 104 Å². The van der Waals surface area contributed by atoms with E-state index in [-0.39, 0.29) is 0 Å². The molecule has 0 aliphatic heterocycles. The van der Waals surface area contributed by atoms with Crippen LogP contribution in [0.3, 0.4) is 0 Å². The third-order valence-electron chi connectivity index (χ3n) is 14.5. The minimum Gasteiger partial charge on any atom is -0.309 e. The summed E-state index contributed by atoms with van der Waals surface area (Å²) in [6.45, 7) is 0. The van der Waals surface area contributed by atoms with Gasteiger partial charge in [-0.3, -0.25) is 9.36 Å². The number of para-hydroxylation sites is 6. The molecule has 0 bridgehead atoms. The second-order valence-electron chi connectivity index (χ2n) is 18.4. The third kappa shape index (κ3) is 5.11. The number of benzene rings is 11. The maximum absolute atomic E-state index is 5.22. The number of hydrogen-bond donors (Lipinski definition) is 0. The molecule has 0 spiro atoms. The summed E-state index contributed by atoms with van der Waals surface area (Å²) >= 11 is 0. The van der Waals surface area contributed by atoms with Crippen molar-refractivity contribution in [1.29, 1.82) is 0 Å². The fraction of sp³-hybridized carbons (Fsp3) is 0.0323. The van der Waals surface area contributed by atoms with E-state index in [1.54, 1.807) is 0 Å². The van der Waals surface area contributed by atoms with Crippen LogP contribution in [0.25, 0.3) is 142 Å². The molecule has 0 aliphatic rings. The Morgan fingerprint density at radius 2 is 0.721 bits per heavy atom. The Morgan fingerprint density at radius 3 is 1.18 bits per heavy atom. The van der Waals surface area contributed by atoms with Gasteiger partial charge in [-0.25, -0.2) is 0 Å². The molecule has 15 rings (SSSR count). The molecule has 0 unspecified atom stereocenters. The summed E-state index contributed by atoms with van der Waals surface area (Å²) in [7, 11) is 4.05. The van der Waals surface area contributed by atoms with E-state index in [2.05, 4.69) is 216 Å². The van der Waals surface area contributed by atoms with Gasteiger partial charge in [0.25, 0.3) is 0 Å². The van der Waals surface area contributed by atoms with Gasteiger partial charge < -0.3 is 9.13 Å². The van der Waals surface area contributed by atoms with E-state index >= 15 is 0 Å². The summed E-state index contributed by atoms with van der Waals surface area (Å²) in [5.41, 5.74) is 13.7. The quantitative estimate of drug-likeness (QED) is 0.131. The van der Waals surface area contributed by atoms with Gasteiger partial charge >= 0.3 is 0 Å². The monoisotopic (exact) mass is 868 g/mol. The highest BCUT2D eigenvalue weighted by Gasteiger charge is 2.23. The van der Waals surface area contributed by atoms with Gasteiger partial charge in [-0.1, -0.05) is 133 Å². The van der Waals surface area contributed by atoms with E-state index in [1.807, 2.05) is 23.5 Å². The number of fused-ring (bicyclic) bond motifs is 16. The highest BCUT2D eigenvalue weighted by molar-refractivity contribution is 6.31. The van der Waals surface area contributed by atoms with E-state index in [0.717, 1.165) is 54.7 Å². The number of nitrogens with zero attached hydrogens (tertiary/aromatic N) is 6. The summed E-state index contributed by atoms with van der Waals surface area (Å²) in [6.07, 6.45) is 4.27. The first-order chi connectivity index (χ1) is 33.6. The van der Waals surface area contributed by atoms with Crippen molar-refractivity contribution in [2.24, 2.45) is 14.1 Å². The highest BCUT2D eigenvalue weighted by Crippen LogP contribution is 2.48. The van der Waals surface area contributed by atoms with Gasteiger partial charge in [0.2, 0.25) is 0 Å². The summed E-state index contributed by atoms with van der Waals surface area (Å²) in [5, 5.41) is 26.9. The Labute approximate surface area is 389 Å². The second kappa shape index (κ2) is 13.8. The maximum Gasteiger partial charge on any atom is 0.101 e. The normalized spacial score (nSPS) is 12.3.